The number of hydrogen-bond acceptors (Lipinski definition) is 3. The highest BCUT2D eigenvalue weighted by atomic mass is 79.9. The molecule has 2 rings (SSSR count). The van der Waals surface area contributed by atoms with Gasteiger partial charge < -0.3 is 9.64 Å². The molecular formula is C19H18Br2N2O2. The van der Waals surface area contributed by atoms with Crippen LogP contribution < -0.4 is 4.74 Å². The normalized spacial score (nSPS) is 10.1. The summed E-state index contributed by atoms with van der Waals surface area (Å²) in [7, 11) is 0. The van der Waals surface area contributed by atoms with Gasteiger partial charge in [0.2, 0.25) is 0 Å². The predicted octanol–water partition coefficient (Wildman–Crippen LogP) is 4.58. The van der Waals surface area contributed by atoms with Gasteiger partial charge in [0.15, 0.2) is 6.61 Å². The molecule has 0 saturated carbocycles. The first kappa shape index (κ1) is 19.5. The van der Waals surface area contributed by atoms with E-state index in [1.54, 1.807) is 11.0 Å². The molecule has 0 heterocycles. The van der Waals surface area contributed by atoms with Crippen LogP contribution in [0.25, 0.3) is 0 Å². The number of ether oxygens (including phenoxy) is 1. The minimum absolute atomic E-state index is 0.0551. The van der Waals surface area contributed by atoms with Crippen molar-refractivity contribution in [3.8, 4) is 11.8 Å². The fourth-order valence-corrected chi connectivity index (χ4v) is 3.44. The minimum atomic E-state index is -0.124. The smallest absolute Gasteiger partial charge is 0.260 e. The SMILES string of the molecule is N#CCCN(CCc1ccccc1)C(=O)COc1ccc(Br)cc1Br. The molecule has 25 heavy (non-hydrogen) atoms. The minimum Gasteiger partial charge on any atom is -0.483 e. The summed E-state index contributed by atoms with van der Waals surface area (Å²) >= 11 is 6.79. The summed E-state index contributed by atoms with van der Waals surface area (Å²) in [6.07, 6.45) is 1.06. The summed E-state index contributed by atoms with van der Waals surface area (Å²) in [5.41, 5.74) is 1.16. The van der Waals surface area contributed by atoms with Crippen molar-refractivity contribution >= 4 is 37.8 Å². The average Bonchev–Trinajstić information content (AvgIpc) is 2.61. The molecule has 0 unspecified atom stereocenters. The monoisotopic (exact) mass is 464 g/mol. The number of nitriles is 1. The van der Waals surface area contributed by atoms with Crippen LogP contribution >= 0.6 is 31.9 Å². The Kier molecular flexibility index (Phi) is 7.96. The molecule has 0 bridgehead atoms. The molecule has 0 aliphatic heterocycles. The van der Waals surface area contributed by atoms with E-state index in [-0.39, 0.29) is 12.5 Å². The van der Waals surface area contributed by atoms with Crippen LogP contribution in [0.15, 0.2) is 57.5 Å². The number of nitrogens with zero attached hydrogens (tertiary/aromatic N) is 2. The Morgan fingerprint density at radius 2 is 1.88 bits per heavy atom. The van der Waals surface area contributed by atoms with E-state index in [2.05, 4.69) is 37.9 Å². The number of hydrogen-bond donors (Lipinski definition) is 0. The molecule has 0 N–H and O–H groups in total. The zero-order valence-corrected chi connectivity index (χ0v) is 16.8. The van der Waals surface area contributed by atoms with Crippen LogP contribution in [-0.4, -0.2) is 30.5 Å². The third-order valence-electron chi connectivity index (χ3n) is 3.60. The lowest BCUT2D eigenvalue weighted by atomic mass is 10.1. The molecule has 0 aliphatic carbocycles. The highest BCUT2D eigenvalue weighted by molar-refractivity contribution is 9.11. The highest BCUT2D eigenvalue weighted by Gasteiger charge is 2.15. The lowest BCUT2D eigenvalue weighted by Crippen LogP contribution is -2.37. The predicted molar refractivity (Wildman–Crippen MR) is 104 cm³/mol. The van der Waals surface area contributed by atoms with Crippen molar-refractivity contribution in [3.63, 3.8) is 0 Å². The number of benzene rings is 2. The largest absolute Gasteiger partial charge is 0.483 e. The maximum absolute atomic E-state index is 12.5. The van der Waals surface area contributed by atoms with Gasteiger partial charge in [-0.15, -0.1) is 0 Å². The number of rotatable bonds is 8. The van der Waals surface area contributed by atoms with Gasteiger partial charge in [-0.3, -0.25) is 4.79 Å². The molecule has 0 atom stereocenters. The Labute approximate surface area is 164 Å². The van der Waals surface area contributed by atoms with Crippen molar-refractivity contribution in [2.75, 3.05) is 19.7 Å². The van der Waals surface area contributed by atoms with Crippen LogP contribution in [-0.2, 0) is 11.2 Å². The van der Waals surface area contributed by atoms with Gasteiger partial charge in [-0.2, -0.15) is 5.26 Å². The fourth-order valence-electron chi connectivity index (χ4n) is 2.28. The van der Waals surface area contributed by atoms with Crippen LogP contribution in [0.4, 0.5) is 0 Å². The third kappa shape index (κ3) is 6.52. The maximum Gasteiger partial charge on any atom is 0.260 e. The van der Waals surface area contributed by atoms with Gasteiger partial charge in [-0.05, 0) is 46.1 Å². The molecule has 0 radical (unpaired) electrons. The Morgan fingerprint density at radius 3 is 2.56 bits per heavy atom. The van der Waals surface area contributed by atoms with E-state index in [0.717, 1.165) is 20.9 Å². The van der Waals surface area contributed by atoms with E-state index in [1.165, 1.54) is 0 Å². The van der Waals surface area contributed by atoms with Crippen molar-refractivity contribution < 1.29 is 9.53 Å². The molecule has 130 valence electrons. The van der Waals surface area contributed by atoms with Gasteiger partial charge in [0.1, 0.15) is 5.75 Å². The fraction of sp³-hybridized carbons (Fsp3) is 0.263. The second-order valence-corrected chi connectivity index (χ2v) is 7.16. The zero-order valence-electron chi connectivity index (χ0n) is 13.6. The molecule has 4 nitrogen and oxygen atoms in total. The Morgan fingerprint density at radius 1 is 1.12 bits per heavy atom. The molecule has 0 aliphatic rings. The van der Waals surface area contributed by atoms with Gasteiger partial charge in [0, 0.05) is 17.6 Å². The molecule has 0 aromatic heterocycles. The first-order chi connectivity index (χ1) is 12.1. The average molecular weight is 466 g/mol. The number of halogens is 2. The van der Waals surface area contributed by atoms with Crippen molar-refractivity contribution in [1.29, 1.82) is 5.26 Å². The highest BCUT2D eigenvalue weighted by Crippen LogP contribution is 2.28. The van der Waals surface area contributed by atoms with Crippen LogP contribution in [0, 0.1) is 11.3 Å². The topological polar surface area (TPSA) is 53.3 Å². The Balaban J connectivity index is 1.93. The molecule has 2 aromatic carbocycles. The number of carbonyl (C=O) groups excluding carboxylic acids is 1. The van der Waals surface area contributed by atoms with Crippen molar-refractivity contribution in [2.45, 2.75) is 12.8 Å². The van der Waals surface area contributed by atoms with Crippen LogP contribution in [0.3, 0.4) is 0 Å². The van der Waals surface area contributed by atoms with Gasteiger partial charge in [0.05, 0.1) is 17.0 Å². The molecule has 0 spiro atoms. The van der Waals surface area contributed by atoms with E-state index < -0.39 is 0 Å². The summed E-state index contributed by atoms with van der Waals surface area (Å²) in [4.78, 5) is 14.2. The Hall–Kier alpha value is -1.84. The number of amides is 1. The number of carbonyl (C=O) groups is 1. The lowest BCUT2D eigenvalue weighted by molar-refractivity contribution is -0.133. The molecule has 1 amide bonds. The summed E-state index contributed by atoms with van der Waals surface area (Å²) in [5.74, 6) is 0.487. The van der Waals surface area contributed by atoms with Crippen LogP contribution in [0.5, 0.6) is 5.75 Å². The van der Waals surface area contributed by atoms with E-state index in [1.807, 2.05) is 42.5 Å². The Bertz CT molecular complexity index is 745. The zero-order chi connectivity index (χ0) is 18.1. The van der Waals surface area contributed by atoms with E-state index in [9.17, 15) is 4.79 Å². The van der Waals surface area contributed by atoms with E-state index >= 15 is 0 Å². The second kappa shape index (κ2) is 10.2. The van der Waals surface area contributed by atoms with E-state index in [4.69, 9.17) is 10.00 Å². The quantitative estimate of drug-likeness (QED) is 0.573. The van der Waals surface area contributed by atoms with E-state index in [0.29, 0.717) is 25.3 Å². The van der Waals surface area contributed by atoms with Crippen molar-refractivity contribution in [2.24, 2.45) is 0 Å². The second-order valence-electron chi connectivity index (χ2n) is 5.39. The molecule has 0 saturated heterocycles. The summed E-state index contributed by atoms with van der Waals surface area (Å²) < 4.78 is 7.33. The van der Waals surface area contributed by atoms with Crippen LogP contribution in [0.2, 0.25) is 0 Å². The van der Waals surface area contributed by atoms with Gasteiger partial charge in [-0.1, -0.05) is 46.3 Å². The molecule has 0 fully saturated rings. The molecule has 6 heteroatoms. The molecule has 2 aromatic rings. The van der Waals surface area contributed by atoms with Gasteiger partial charge >= 0.3 is 0 Å². The third-order valence-corrected chi connectivity index (χ3v) is 4.72. The molecular weight excluding hydrogens is 448 g/mol. The van der Waals surface area contributed by atoms with Gasteiger partial charge in [0.25, 0.3) is 5.91 Å². The first-order valence-electron chi connectivity index (χ1n) is 7.86. The van der Waals surface area contributed by atoms with Crippen molar-refractivity contribution in [3.05, 3.63) is 63.0 Å². The maximum atomic E-state index is 12.5. The standard InChI is InChI=1S/C19H18Br2N2O2/c20-16-7-8-18(17(21)13-16)25-14-19(24)23(11-4-10-22)12-9-15-5-2-1-3-6-15/h1-3,5-8,13H,4,9,11-12,14H2. The van der Waals surface area contributed by atoms with Crippen molar-refractivity contribution in [1.82, 2.24) is 4.90 Å². The summed E-state index contributed by atoms with van der Waals surface area (Å²) in [5, 5.41) is 8.82. The van der Waals surface area contributed by atoms with Crippen LogP contribution in [0.1, 0.15) is 12.0 Å². The summed E-state index contributed by atoms with van der Waals surface area (Å²) in [6, 6.07) is 17.6. The summed E-state index contributed by atoms with van der Waals surface area (Å²) in [6.45, 7) is 0.920. The first-order valence-corrected chi connectivity index (χ1v) is 9.45. The lowest BCUT2D eigenvalue weighted by Gasteiger charge is -2.22. The van der Waals surface area contributed by atoms with Gasteiger partial charge in [-0.25, -0.2) is 0 Å².